The fraction of sp³-hybridized carbons (Fsp3) is 0.895. The molecule has 0 spiro atoms. The molecule has 4 atom stereocenters. The molecule has 0 aliphatic carbocycles. The van der Waals surface area contributed by atoms with Crippen LogP contribution < -0.4 is 5.32 Å². The quantitative estimate of drug-likeness (QED) is 0.534. The van der Waals surface area contributed by atoms with E-state index in [4.69, 9.17) is 0 Å². The van der Waals surface area contributed by atoms with Crippen molar-refractivity contribution in [1.29, 1.82) is 0 Å². The molecule has 25 heavy (non-hydrogen) atoms. The van der Waals surface area contributed by atoms with Gasteiger partial charge in [-0.25, -0.2) is 0 Å². The zero-order valence-corrected chi connectivity index (χ0v) is 17.0. The SMILES string of the molecule is CC(C)C(C=O)N(C)C(=O)C(NC(O)C1CCCCN1C)C(C)(C)C. The van der Waals surface area contributed by atoms with Crippen LogP contribution in [-0.4, -0.2) is 72.1 Å². The normalized spacial score (nSPS) is 23.2. The Kier molecular flexibility index (Phi) is 8.03. The Morgan fingerprint density at radius 2 is 1.92 bits per heavy atom. The van der Waals surface area contributed by atoms with Crippen LogP contribution in [0.15, 0.2) is 0 Å². The largest absolute Gasteiger partial charge is 0.377 e. The molecule has 6 nitrogen and oxygen atoms in total. The van der Waals surface area contributed by atoms with E-state index in [1.165, 1.54) is 4.90 Å². The minimum Gasteiger partial charge on any atom is -0.377 e. The molecule has 1 aliphatic heterocycles. The van der Waals surface area contributed by atoms with Gasteiger partial charge in [-0.15, -0.1) is 0 Å². The molecule has 2 N–H and O–H groups in total. The second-order valence-electron chi connectivity index (χ2n) is 8.77. The Hall–Kier alpha value is -0.980. The van der Waals surface area contributed by atoms with Crippen molar-refractivity contribution in [2.75, 3.05) is 20.6 Å². The third-order valence-electron chi connectivity index (χ3n) is 5.26. The van der Waals surface area contributed by atoms with Gasteiger partial charge in [0.15, 0.2) is 0 Å². The van der Waals surface area contributed by atoms with Gasteiger partial charge in [-0.1, -0.05) is 41.0 Å². The van der Waals surface area contributed by atoms with Gasteiger partial charge in [0.25, 0.3) is 0 Å². The van der Waals surface area contributed by atoms with E-state index in [1.807, 2.05) is 41.7 Å². The van der Waals surface area contributed by atoms with Crippen LogP contribution in [0.3, 0.4) is 0 Å². The fourth-order valence-corrected chi connectivity index (χ4v) is 3.52. The molecular weight excluding hydrogens is 318 g/mol. The number of hydrogen-bond acceptors (Lipinski definition) is 5. The van der Waals surface area contributed by atoms with E-state index in [0.29, 0.717) is 0 Å². The molecule has 1 saturated heterocycles. The number of aliphatic hydroxyl groups excluding tert-OH is 1. The molecule has 1 rings (SSSR count). The Morgan fingerprint density at radius 1 is 1.32 bits per heavy atom. The number of piperidine rings is 1. The first-order valence-electron chi connectivity index (χ1n) is 9.37. The first-order chi connectivity index (χ1) is 11.5. The molecule has 0 aromatic heterocycles. The number of likely N-dealkylation sites (N-methyl/N-ethyl adjacent to an activating group) is 2. The molecule has 1 amide bonds. The fourth-order valence-electron chi connectivity index (χ4n) is 3.52. The van der Waals surface area contributed by atoms with Crippen molar-refractivity contribution in [2.45, 2.75) is 78.2 Å². The predicted octanol–water partition coefficient (Wildman–Crippen LogP) is 1.48. The van der Waals surface area contributed by atoms with Crippen molar-refractivity contribution >= 4 is 12.2 Å². The summed E-state index contributed by atoms with van der Waals surface area (Å²) in [7, 11) is 3.68. The third-order valence-corrected chi connectivity index (χ3v) is 5.26. The molecule has 4 unspecified atom stereocenters. The lowest BCUT2D eigenvalue weighted by atomic mass is 9.84. The molecule has 0 aromatic carbocycles. The highest BCUT2D eigenvalue weighted by atomic mass is 16.3. The van der Waals surface area contributed by atoms with Gasteiger partial charge < -0.3 is 14.8 Å². The zero-order chi connectivity index (χ0) is 19.4. The number of nitrogens with one attached hydrogen (secondary N) is 1. The van der Waals surface area contributed by atoms with Crippen LogP contribution in [0.5, 0.6) is 0 Å². The lowest BCUT2D eigenvalue weighted by Gasteiger charge is -2.41. The van der Waals surface area contributed by atoms with Gasteiger partial charge in [-0.3, -0.25) is 15.0 Å². The number of aliphatic hydroxyl groups is 1. The van der Waals surface area contributed by atoms with Crippen LogP contribution >= 0.6 is 0 Å². The van der Waals surface area contributed by atoms with Crippen molar-refractivity contribution in [3.05, 3.63) is 0 Å². The first kappa shape index (κ1) is 22.1. The van der Waals surface area contributed by atoms with E-state index < -0.39 is 18.3 Å². The zero-order valence-electron chi connectivity index (χ0n) is 17.0. The number of amides is 1. The van der Waals surface area contributed by atoms with E-state index >= 15 is 0 Å². The number of likely N-dealkylation sites (tertiary alicyclic amines) is 1. The van der Waals surface area contributed by atoms with Gasteiger partial charge in [0.05, 0.1) is 12.1 Å². The van der Waals surface area contributed by atoms with Crippen LogP contribution in [0.2, 0.25) is 0 Å². The third kappa shape index (κ3) is 5.76. The second-order valence-corrected chi connectivity index (χ2v) is 8.77. The molecule has 0 saturated carbocycles. The standard InChI is InChI=1S/C19H37N3O3/c1-13(2)15(12-23)22(7)18(25)16(19(3,4)5)20-17(24)14-10-8-9-11-21(14)6/h12-17,20,24H,8-11H2,1-7H3. The molecule has 1 fully saturated rings. The molecular formula is C19H37N3O3. The monoisotopic (exact) mass is 355 g/mol. The lowest BCUT2D eigenvalue weighted by molar-refractivity contribution is -0.142. The topological polar surface area (TPSA) is 72.9 Å². The predicted molar refractivity (Wildman–Crippen MR) is 100 cm³/mol. The summed E-state index contributed by atoms with van der Waals surface area (Å²) in [5.41, 5.74) is -0.385. The molecule has 0 bridgehead atoms. The maximum absolute atomic E-state index is 13.1. The summed E-state index contributed by atoms with van der Waals surface area (Å²) in [6.07, 6.45) is 3.19. The van der Waals surface area contributed by atoms with Gasteiger partial charge in [0.1, 0.15) is 12.5 Å². The number of carbonyl (C=O) groups excluding carboxylic acids is 2. The highest BCUT2D eigenvalue weighted by Gasteiger charge is 2.39. The van der Waals surface area contributed by atoms with Crippen molar-refractivity contribution < 1.29 is 14.7 Å². The summed E-state index contributed by atoms with van der Waals surface area (Å²) in [5, 5.41) is 13.9. The second kappa shape index (κ2) is 9.10. The van der Waals surface area contributed by atoms with Crippen LogP contribution in [0.1, 0.15) is 53.9 Å². The maximum atomic E-state index is 13.1. The molecule has 1 heterocycles. The highest BCUT2D eigenvalue weighted by Crippen LogP contribution is 2.25. The van der Waals surface area contributed by atoms with Gasteiger partial charge in [0, 0.05) is 13.1 Å². The van der Waals surface area contributed by atoms with Crippen LogP contribution in [0, 0.1) is 11.3 Å². The molecule has 0 aromatic rings. The summed E-state index contributed by atoms with van der Waals surface area (Å²) in [5.74, 6) is -0.114. The Morgan fingerprint density at radius 3 is 2.36 bits per heavy atom. The minimum absolute atomic E-state index is 0.00340. The van der Waals surface area contributed by atoms with E-state index in [2.05, 4.69) is 10.2 Å². The Balaban J connectivity index is 2.93. The summed E-state index contributed by atoms with van der Waals surface area (Å²) in [4.78, 5) is 28.1. The number of rotatable bonds is 7. The van der Waals surface area contributed by atoms with Crippen LogP contribution in [0.25, 0.3) is 0 Å². The maximum Gasteiger partial charge on any atom is 0.240 e. The van der Waals surface area contributed by atoms with Gasteiger partial charge in [0.2, 0.25) is 5.91 Å². The lowest BCUT2D eigenvalue weighted by Crippen LogP contribution is -2.61. The molecule has 146 valence electrons. The number of carbonyl (C=O) groups is 2. The van der Waals surface area contributed by atoms with E-state index in [-0.39, 0.29) is 23.3 Å². The Labute approximate surface area is 152 Å². The summed E-state index contributed by atoms with van der Waals surface area (Å²) in [6, 6.07) is -1.03. The van der Waals surface area contributed by atoms with Crippen molar-refractivity contribution in [2.24, 2.45) is 11.3 Å². The minimum atomic E-state index is -0.777. The Bertz CT molecular complexity index is 448. The van der Waals surface area contributed by atoms with Crippen molar-refractivity contribution in [3.63, 3.8) is 0 Å². The molecule has 1 aliphatic rings. The van der Waals surface area contributed by atoms with Crippen molar-refractivity contribution in [3.8, 4) is 0 Å². The number of nitrogens with zero attached hydrogens (tertiary/aromatic N) is 2. The number of aldehydes is 1. The average molecular weight is 356 g/mol. The summed E-state index contributed by atoms with van der Waals surface area (Å²) in [6.45, 7) is 10.7. The smallest absolute Gasteiger partial charge is 0.240 e. The van der Waals surface area contributed by atoms with E-state index in [1.54, 1.807) is 7.05 Å². The molecule has 6 heteroatoms. The van der Waals surface area contributed by atoms with Gasteiger partial charge in [-0.05, 0) is 37.8 Å². The molecule has 0 radical (unpaired) electrons. The van der Waals surface area contributed by atoms with Gasteiger partial charge >= 0.3 is 0 Å². The van der Waals surface area contributed by atoms with Crippen LogP contribution in [0.4, 0.5) is 0 Å². The first-order valence-corrected chi connectivity index (χ1v) is 9.37. The van der Waals surface area contributed by atoms with E-state index in [9.17, 15) is 14.7 Å². The van der Waals surface area contributed by atoms with E-state index in [0.717, 1.165) is 32.1 Å². The summed E-state index contributed by atoms with van der Waals surface area (Å²) >= 11 is 0. The highest BCUT2D eigenvalue weighted by molar-refractivity contribution is 5.85. The average Bonchev–Trinajstić information content (AvgIpc) is 2.51. The van der Waals surface area contributed by atoms with Crippen molar-refractivity contribution in [1.82, 2.24) is 15.1 Å². The van der Waals surface area contributed by atoms with Crippen LogP contribution in [-0.2, 0) is 9.59 Å². The van der Waals surface area contributed by atoms with Gasteiger partial charge in [-0.2, -0.15) is 0 Å². The number of hydrogen-bond donors (Lipinski definition) is 2. The summed E-state index contributed by atoms with van der Waals surface area (Å²) < 4.78 is 0.